The number of aromatic nitrogens is 1. The summed E-state index contributed by atoms with van der Waals surface area (Å²) < 4.78 is 39.8. The summed E-state index contributed by atoms with van der Waals surface area (Å²) in [7, 11) is 0. The summed E-state index contributed by atoms with van der Waals surface area (Å²) in [6.07, 6.45) is -2.39. The molecule has 0 atom stereocenters. The van der Waals surface area contributed by atoms with Crippen LogP contribution in [0.5, 0.6) is 0 Å². The van der Waals surface area contributed by atoms with Gasteiger partial charge in [-0.15, -0.1) is 0 Å². The molecule has 0 aromatic carbocycles. The Morgan fingerprint density at radius 1 is 1.44 bits per heavy atom. The van der Waals surface area contributed by atoms with Gasteiger partial charge < -0.3 is 10.5 Å². The van der Waals surface area contributed by atoms with Crippen molar-refractivity contribution in [2.45, 2.75) is 19.5 Å². The lowest BCUT2D eigenvalue weighted by Crippen LogP contribution is -2.18. The van der Waals surface area contributed by atoms with Crippen LogP contribution >= 0.6 is 0 Å². The zero-order valence-corrected chi connectivity index (χ0v) is 8.84. The minimum Gasteiger partial charge on any atom is -0.383 e. The van der Waals surface area contributed by atoms with Crippen LogP contribution in [0, 0.1) is 6.92 Å². The molecule has 0 saturated carbocycles. The maximum Gasteiger partial charge on any atom is 0.411 e. The topological polar surface area (TPSA) is 48.1 Å². The molecule has 3 nitrogen and oxygen atoms in total. The van der Waals surface area contributed by atoms with Gasteiger partial charge >= 0.3 is 6.18 Å². The number of pyridine rings is 1. The molecule has 1 heterocycles. The number of aryl methyl sites for hydroxylation is 1. The predicted molar refractivity (Wildman–Crippen MR) is 54.0 cm³/mol. The van der Waals surface area contributed by atoms with Crippen LogP contribution in [-0.2, 0) is 11.2 Å². The Bertz CT molecular complexity index is 332. The Balaban J connectivity index is 2.43. The van der Waals surface area contributed by atoms with Crippen LogP contribution in [-0.4, -0.2) is 24.4 Å². The number of nitrogen functional groups attached to an aromatic ring is 1. The van der Waals surface area contributed by atoms with Crippen molar-refractivity contribution in [2.24, 2.45) is 0 Å². The Morgan fingerprint density at radius 2 is 2.12 bits per heavy atom. The molecule has 0 fully saturated rings. The Labute approximate surface area is 91.4 Å². The van der Waals surface area contributed by atoms with Crippen LogP contribution in [0.2, 0.25) is 0 Å². The van der Waals surface area contributed by atoms with Crippen LogP contribution in [0.3, 0.4) is 0 Å². The summed E-state index contributed by atoms with van der Waals surface area (Å²) in [6, 6.07) is 1.76. The first-order valence-corrected chi connectivity index (χ1v) is 4.74. The van der Waals surface area contributed by atoms with Gasteiger partial charge in [0.2, 0.25) is 0 Å². The molecule has 6 heteroatoms. The molecule has 1 aromatic rings. The van der Waals surface area contributed by atoms with Gasteiger partial charge in [0, 0.05) is 6.20 Å². The first kappa shape index (κ1) is 12.8. The van der Waals surface area contributed by atoms with Gasteiger partial charge in [-0.05, 0) is 30.5 Å². The molecule has 0 aliphatic heterocycles. The van der Waals surface area contributed by atoms with Crippen molar-refractivity contribution in [3.63, 3.8) is 0 Å². The fourth-order valence-electron chi connectivity index (χ4n) is 1.30. The second-order valence-corrected chi connectivity index (χ2v) is 3.41. The number of nitrogens with zero attached hydrogens (tertiary/aromatic N) is 1. The lowest BCUT2D eigenvalue weighted by Gasteiger charge is -2.10. The third-order valence-electron chi connectivity index (χ3n) is 2.09. The van der Waals surface area contributed by atoms with Crippen molar-refractivity contribution in [2.75, 3.05) is 18.9 Å². The summed E-state index contributed by atoms with van der Waals surface area (Å²) in [5.74, 6) is 0.343. The molecule has 0 saturated heterocycles. The van der Waals surface area contributed by atoms with E-state index in [1.807, 2.05) is 6.92 Å². The summed E-state index contributed by atoms with van der Waals surface area (Å²) in [4.78, 5) is 3.87. The summed E-state index contributed by atoms with van der Waals surface area (Å²) in [5, 5.41) is 0. The van der Waals surface area contributed by atoms with Crippen LogP contribution in [0.25, 0.3) is 0 Å². The average molecular weight is 234 g/mol. The molecule has 1 aromatic heterocycles. The number of halogens is 3. The van der Waals surface area contributed by atoms with Crippen molar-refractivity contribution >= 4 is 5.82 Å². The SMILES string of the molecule is Cc1ccnc(N)c1CCOCC(F)(F)F. The lowest BCUT2D eigenvalue weighted by molar-refractivity contribution is -0.173. The summed E-state index contributed by atoms with van der Waals surface area (Å²) >= 11 is 0. The van der Waals surface area contributed by atoms with Gasteiger partial charge in [-0.25, -0.2) is 4.98 Å². The van der Waals surface area contributed by atoms with Gasteiger partial charge in [0.15, 0.2) is 0 Å². The molecule has 0 radical (unpaired) electrons. The van der Waals surface area contributed by atoms with Gasteiger partial charge in [0.05, 0.1) is 6.61 Å². The molecule has 0 bridgehead atoms. The zero-order chi connectivity index (χ0) is 12.2. The molecule has 90 valence electrons. The number of rotatable bonds is 4. The molecule has 0 aliphatic carbocycles. The maximum absolute atomic E-state index is 11.8. The molecule has 0 aliphatic rings. The van der Waals surface area contributed by atoms with E-state index in [0.717, 1.165) is 11.1 Å². The number of ether oxygens (including phenoxy) is 1. The minimum atomic E-state index is -4.28. The zero-order valence-electron chi connectivity index (χ0n) is 8.84. The van der Waals surface area contributed by atoms with E-state index in [1.165, 1.54) is 0 Å². The minimum absolute atomic E-state index is 0.0176. The van der Waals surface area contributed by atoms with E-state index >= 15 is 0 Å². The highest BCUT2D eigenvalue weighted by molar-refractivity contribution is 5.43. The van der Waals surface area contributed by atoms with E-state index in [0.29, 0.717) is 12.2 Å². The third kappa shape index (κ3) is 4.06. The normalized spacial score (nSPS) is 11.8. The molecule has 0 unspecified atom stereocenters. The van der Waals surface area contributed by atoms with Crippen molar-refractivity contribution in [3.8, 4) is 0 Å². The first-order valence-electron chi connectivity index (χ1n) is 4.74. The van der Waals surface area contributed by atoms with Crippen molar-refractivity contribution in [1.29, 1.82) is 0 Å². The number of alkyl halides is 3. The quantitative estimate of drug-likeness (QED) is 0.811. The molecular formula is C10H13F3N2O. The smallest absolute Gasteiger partial charge is 0.383 e. The fraction of sp³-hybridized carbons (Fsp3) is 0.500. The van der Waals surface area contributed by atoms with E-state index in [-0.39, 0.29) is 6.61 Å². The largest absolute Gasteiger partial charge is 0.411 e. The molecule has 2 N–H and O–H groups in total. The molecule has 0 amide bonds. The second kappa shape index (κ2) is 5.16. The highest BCUT2D eigenvalue weighted by Crippen LogP contribution is 2.16. The molecular weight excluding hydrogens is 221 g/mol. The van der Waals surface area contributed by atoms with Crippen LogP contribution in [0.15, 0.2) is 12.3 Å². The number of hydrogen-bond acceptors (Lipinski definition) is 3. The van der Waals surface area contributed by atoms with E-state index in [1.54, 1.807) is 12.3 Å². The van der Waals surface area contributed by atoms with Gasteiger partial charge in [0.1, 0.15) is 12.4 Å². The Kier molecular flexibility index (Phi) is 4.12. The number of hydrogen-bond donors (Lipinski definition) is 1. The monoisotopic (exact) mass is 234 g/mol. The van der Waals surface area contributed by atoms with Crippen LogP contribution in [0.4, 0.5) is 19.0 Å². The van der Waals surface area contributed by atoms with Crippen LogP contribution in [0.1, 0.15) is 11.1 Å². The highest BCUT2D eigenvalue weighted by atomic mass is 19.4. The second-order valence-electron chi connectivity index (χ2n) is 3.41. The van der Waals surface area contributed by atoms with Crippen LogP contribution < -0.4 is 5.73 Å². The first-order chi connectivity index (χ1) is 7.40. The lowest BCUT2D eigenvalue weighted by atomic mass is 10.1. The third-order valence-corrected chi connectivity index (χ3v) is 2.09. The van der Waals surface area contributed by atoms with Gasteiger partial charge in [-0.1, -0.05) is 0 Å². The highest BCUT2D eigenvalue weighted by Gasteiger charge is 2.27. The van der Waals surface area contributed by atoms with E-state index in [9.17, 15) is 13.2 Å². The van der Waals surface area contributed by atoms with E-state index in [4.69, 9.17) is 5.73 Å². The van der Waals surface area contributed by atoms with E-state index < -0.39 is 12.8 Å². The van der Waals surface area contributed by atoms with Gasteiger partial charge in [0.25, 0.3) is 0 Å². The summed E-state index contributed by atoms with van der Waals surface area (Å²) in [6.45, 7) is 0.583. The average Bonchev–Trinajstić information content (AvgIpc) is 2.14. The van der Waals surface area contributed by atoms with Crippen molar-refractivity contribution in [3.05, 3.63) is 23.4 Å². The molecule has 0 spiro atoms. The van der Waals surface area contributed by atoms with Crippen molar-refractivity contribution < 1.29 is 17.9 Å². The van der Waals surface area contributed by atoms with E-state index in [2.05, 4.69) is 9.72 Å². The van der Waals surface area contributed by atoms with Gasteiger partial charge in [-0.2, -0.15) is 13.2 Å². The van der Waals surface area contributed by atoms with Crippen molar-refractivity contribution in [1.82, 2.24) is 4.98 Å². The maximum atomic E-state index is 11.8. The molecule has 1 rings (SSSR count). The van der Waals surface area contributed by atoms with Gasteiger partial charge in [-0.3, -0.25) is 0 Å². The standard InChI is InChI=1S/C10H13F3N2O/c1-7-2-4-15-9(14)8(7)3-5-16-6-10(11,12)13/h2,4H,3,5-6H2,1H3,(H2,14,15). The fourth-order valence-corrected chi connectivity index (χ4v) is 1.30. The predicted octanol–water partition coefficient (Wildman–Crippen LogP) is 2.09. The Hall–Kier alpha value is -1.30. The summed E-state index contributed by atoms with van der Waals surface area (Å²) in [5.41, 5.74) is 7.25. The Morgan fingerprint density at radius 3 is 2.69 bits per heavy atom. The number of anilines is 1. The number of nitrogens with two attached hydrogens (primary N) is 1. The molecule has 16 heavy (non-hydrogen) atoms.